The first-order valence-electron chi connectivity index (χ1n) is 5.32. The molecule has 0 unspecified atom stereocenters. The number of halogens is 1. The van der Waals surface area contributed by atoms with Crippen molar-refractivity contribution < 1.29 is 0 Å². The van der Waals surface area contributed by atoms with Crippen LogP contribution in [0, 0.1) is 11.3 Å². The molecule has 0 spiro atoms. The third-order valence-electron chi connectivity index (χ3n) is 2.75. The van der Waals surface area contributed by atoms with Crippen molar-refractivity contribution in [1.82, 2.24) is 4.98 Å². The topological polar surface area (TPSA) is 36.7 Å². The zero-order valence-electron chi connectivity index (χ0n) is 9.22. The predicted octanol–water partition coefficient (Wildman–Crippen LogP) is 4.49. The first-order valence-corrected chi connectivity index (χ1v) is 6.57. The molecule has 0 aliphatic rings. The smallest absolute Gasteiger partial charge is 0.125 e. The Morgan fingerprint density at radius 3 is 2.67 bits per heavy atom. The lowest BCUT2D eigenvalue weighted by Crippen LogP contribution is -1.79. The van der Waals surface area contributed by atoms with Gasteiger partial charge in [0, 0.05) is 22.5 Å². The number of hydrogen-bond donors (Lipinski definition) is 0. The van der Waals surface area contributed by atoms with Crippen LogP contribution in [0.25, 0.3) is 21.3 Å². The number of nitriles is 1. The summed E-state index contributed by atoms with van der Waals surface area (Å²) in [6.45, 7) is 0. The molecule has 0 bridgehead atoms. The van der Waals surface area contributed by atoms with Crippen LogP contribution < -0.4 is 0 Å². The zero-order chi connectivity index (χ0) is 12.5. The van der Waals surface area contributed by atoms with Crippen LogP contribution in [-0.2, 0) is 0 Å². The van der Waals surface area contributed by atoms with Gasteiger partial charge in [-0.05, 0) is 23.8 Å². The summed E-state index contributed by atoms with van der Waals surface area (Å²) in [5.74, 6) is 0. The Morgan fingerprint density at radius 2 is 1.94 bits per heavy atom. The van der Waals surface area contributed by atoms with Crippen molar-refractivity contribution in [3.8, 4) is 17.2 Å². The van der Waals surface area contributed by atoms with Gasteiger partial charge in [0.15, 0.2) is 0 Å². The van der Waals surface area contributed by atoms with Crippen molar-refractivity contribution in [3.63, 3.8) is 0 Å². The van der Waals surface area contributed by atoms with Crippen LogP contribution in [0.5, 0.6) is 0 Å². The van der Waals surface area contributed by atoms with Crippen molar-refractivity contribution in [2.45, 2.75) is 0 Å². The summed E-state index contributed by atoms with van der Waals surface area (Å²) in [4.78, 5) is 5.24. The van der Waals surface area contributed by atoms with E-state index in [9.17, 15) is 0 Å². The molecule has 1 aromatic carbocycles. The van der Waals surface area contributed by atoms with Gasteiger partial charge in [-0.15, -0.1) is 11.3 Å². The first kappa shape index (κ1) is 11.2. The molecule has 0 saturated carbocycles. The van der Waals surface area contributed by atoms with Gasteiger partial charge >= 0.3 is 0 Å². The van der Waals surface area contributed by atoms with E-state index in [2.05, 4.69) is 11.1 Å². The van der Waals surface area contributed by atoms with Gasteiger partial charge in [0.25, 0.3) is 0 Å². The van der Waals surface area contributed by atoms with Crippen LogP contribution in [0.4, 0.5) is 0 Å². The summed E-state index contributed by atoms with van der Waals surface area (Å²) in [7, 11) is 0. The van der Waals surface area contributed by atoms with Gasteiger partial charge < -0.3 is 0 Å². The quantitative estimate of drug-likeness (QED) is 0.653. The number of rotatable bonds is 1. The molecule has 2 heterocycles. The Hall–Kier alpha value is -1.89. The summed E-state index contributed by atoms with van der Waals surface area (Å²) in [5, 5.41) is 12.5. The average Bonchev–Trinajstić information content (AvgIpc) is 2.84. The van der Waals surface area contributed by atoms with E-state index in [0.29, 0.717) is 10.6 Å². The lowest BCUT2D eigenvalue weighted by molar-refractivity contribution is 1.45. The molecule has 0 fully saturated rings. The first-order chi connectivity index (χ1) is 8.79. The van der Waals surface area contributed by atoms with E-state index < -0.39 is 0 Å². The van der Waals surface area contributed by atoms with Crippen LogP contribution in [0.1, 0.15) is 5.56 Å². The molecule has 86 valence electrons. The highest BCUT2D eigenvalue weighted by Crippen LogP contribution is 2.36. The van der Waals surface area contributed by atoms with E-state index in [-0.39, 0.29) is 0 Å². The molecule has 0 radical (unpaired) electrons. The number of nitrogens with zero attached hydrogens (tertiary/aromatic N) is 2. The predicted molar refractivity (Wildman–Crippen MR) is 74.8 cm³/mol. The molecule has 0 saturated heterocycles. The van der Waals surface area contributed by atoms with E-state index in [1.54, 1.807) is 23.6 Å². The van der Waals surface area contributed by atoms with Gasteiger partial charge in [0.2, 0.25) is 0 Å². The molecule has 4 heteroatoms. The highest BCUT2D eigenvalue weighted by Gasteiger charge is 2.10. The fraction of sp³-hybridized carbons (Fsp3) is 0. The molecule has 0 N–H and O–H groups in total. The number of pyridine rings is 1. The number of fused-ring (bicyclic) bond motifs is 1. The zero-order valence-corrected chi connectivity index (χ0v) is 10.8. The SMILES string of the molecule is N#Cc1ccc(-c2csc3nccc(Cl)c23)cc1. The second kappa shape index (κ2) is 4.41. The minimum atomic E-state index is 0.655. The molecule has 3 aromatic rings. The largest absolute Gasteiger partial charge is 0.245 e. The number of aromatic nitrogens is 1. The summed E-state index contributed by atoms with van der Waals surface area (Å²) in [5.41, 5.74) is 2.77. The van der Waals surface area contributed by atoms with Gasteiger partial charge in [-0.25, -0.2) is 4.98 Å². The Labute approximate surface area is 113 Å². The van der Waals surface area contributed by atoms with Crippen LogP contribution in [0.3, 0.4) is 0 Å². The van der Waals surface area contributed by atoms with E-state index in [1.165, 1.54) is 0 Å². The molecular weight excluding hydrogens is 264 g/mol. The number of benzene rings is 1. The fourth-order valence-electron chi connectivity index (χ4n) is 1.86. The van der Waals surface area contributed by atoms with E-state index in [4.69, 9.17) is 16.9 Å². The standard InChI is InChI=1S/C14H7ClN2S/c15-12-5-6-17-14-13(12)11(8-18-14)10-3-1-9(7-16)2-4-10/h1-6,8H. The second-order valence-corrected chi connectivity index (χ2v) is 5.08. The van der Waals surface area contributed by atoms with Crippen molar-refractivity contribution in [3.05, 3.63) is 52.5 Å². The third kappa shape index (κ3) is 1.76. The summed E-state index contributed by atoms with van der Waals surface area (Å²) in [6, 6.07) is 11.4. The molecule has 0 atom stereocenters. The minimum absolute atomic E-state index is 0.655. The lowest BCUT2D eigenvalue weighted by atomic mass is 10.0. The minimum Gasteiger partial charge on any atom is -0.245 e. The van der Waals surface area contributed by atoms with Gasteiger partial charge in [0.1, 0.15) is 4.83 Å². The molecule has 0 aliphatic carbocycles. The average molecular weight is 271 g/mol. The maximum atomic E-state index is 8.80. The van der Waals surface area contributed by atoms with Gasteiger partial charge in [0.05, 0.1) is 16.7 Å². The Morgan fingerprint density at radius 1 is 1.17 bits per heavy atom. The lowest BCUT2D eigenvalue weighted by Gasteiger charge is -2.01. The van der Waals surface area contributed by atoms with Gasteiger partial charge in [-0.3, -0.25) is 0 Å². The van der Waals surface area contributed by atoms with Crippen molar-refractivity contribution in [2.75, 3.05) is 0 Å². The van der Waals surface area contributed by atoms with Gasteiger partial charge in [-0.2, -0.15) is 5.26 Å². The normalized spacial score (nSPS) is 10.4. The van der Waals surface area contributed by atoms with E-state index in [0.717, 1.165) is 21.3 Å². The summed E-state index contributed by atoms with van der Waals surface area (Å²) < 4.78 is 0. The van der Waals surface area contributed by atoms with E-state index in [1.807, 2.05) is 29.6 Å². The maximum absolute atomic E-state index is 8.80. The van der Waals surface area contributed by atoms with Crippen molar-refractivity contribution >= 4 is 33.2 Å². The van der Waals surface area contributed by atoms with Crippen LogP contribution >= 0.6 is 22.9 Å². The van der Waals surface area contributed by atoms with Crippen molar-refractivity contribution in [1.29, 1.82) is 5.26 Å². The monoisotopic (exact) mass is 270 g/mol. The van der Waals surface area contributed by atoms with Crippen LogP contribution in [-0.4, -0.2) is 4.98 Å². The molecule has 18 heavy (non-hydrogen) atoms. The molecular formula is C14H7ClN2S. The Kier molecular flexibility index (Phi) is 2.75. The van der Waals surface area contributed by atoms with Crippen LogP contribution in [0.2, 0.25) is 5.02 Å². The maximum Gasteiger partial charge on any atom is 0.125 e. The summed E-state index contributed by atoms with van der Waals surface area (Å²) in [6.07, 6.45) is 1.71. The van der Waals surface area contributed by atoms with Crippen molar-refractivity contribution in [2.24, 2.45) is 0 Å². The molecule has 0 aliphatic heterocycles. The molecule has 2 nitrogen and oxygen atoms in total. The Bertz CT molecular complexity index is 754. The van der Waals surface area contributed by atoms with Gasteiger partial charge in [-0.1, -0.05) is 23.7 Å². The second-order valence-electron chi connectivity index (χ2n) is 3.81. The Balaban J connectivity index is 2.22. The molecule has 0 amide bonds. The van der Waals surface area contributed by atoms with Crippen LogP contribution in [0.15, 0.2) is 41.9 Å². The number of hydrogen-bond acceptors (Lipinski definition) is 3. The molecule has 3 rings (SSSR count). The third-order valence-corrected chi connectivity index (χ3v) is 3.95. The number of thiophene rings is 1. The summed E-state index contributed by atoms with van der Waals surface area (Å²) >= 11 is 7.80. The highest BCUT2D eigenvalue weighted by molar-refractivity contribution is 7.17. The van der Waals surface area contributed by atoms with E-state index >= 15 is 0 Å². The fourth-order valence-corrected chi connectivity index (χ4v) is 3.11. The molecule has 2 aromatic heterocycles. The highest BCUT2D eigenvalue weighted by atomic mass is 35.5.